The normalized spacial score (nSPS) is 28.0. The summed E-state index contributed by atoms with van der Waals surface area (Å²) in [6.45, 7) is 8.07. The van der Waals surface area contributed by atoms with E-state index in [0.29, 0.717) is 24.3 Å². The summed E-state index contributed by atoms with van der Waals surface area (Å²) in [6.07, 6.45) is 4.98. The van der Waals surface area contributed by atoms with E-state index in [2.05, 4.69) is 22.0 Å². The van der Waals surface area contributed by atoms with Crippen molar-refractivity contribution in [3.8, 4) is 0 Å². The quantitative estimate of drug-likeness (QED) is 0.857. The molecule has 0 bridgehead atoms. The molecule has 2 aliphatic rings. The third-order valence-corrected chi connectivity index (χ3v) is 4.46. The molecule has 2 heterocycles. The van der Waals surface area contributed by atoms with E-state index in [-0.39, 0.29) is 12.4 Å². The summed E-state index contributed by atoms with van der Waals surface area (Å²) < 4.78 is 0. The van der Waals surface area contributed by atoms with Gasteiger partial charge in [-0.2, -0.15) is 0 Å². The number of piperidine rings is 2. The molecule has 2 rings (SSSR count). The molecule has 0 spiro atoms. The summed E-state index contributed by atoms with van der Waals surface area (Å²) in [7, 11) is 2.01. The zero-order valence-corrected chi connectivity index (χ0v) is 13.8. The van der Waals surface area contributed by atoms with E-state index in [0.717, 1.165) is 32.7 Å². The first-order valence-corrected chi connectivity index (χ1v) is 7.83. The molecule has 0 aromatic heterocycles. The van der Waals surface area contributed by atoms with Crippen molar-refractivity contribution in [3.63, 3.8) is 0 Å². The molecule has 2 saturated heterocycles. The lowest BCUT2D eigenvalue weighted by Crippen LogP contribution is -2.47. The Morgan fingerprint density at radius 2 is 1.95 bits per heavy atom. The van der Waals surface area contributed by atoms with E-state index < -0.39 is 0 Å². The van der Waals surface area contributed by atoms with Gasteiger partial charge in [0.05, 0.1) is 6.54 Å². The van der Waals surface area contributed by atoms with Crippen molar-refractivity contribution < 1.29 is 4.79 Å². The molecule has 2 atom stereocenters. The fourth-order valence-electron chi connectivity index (χ4n) is 3.46. The number of halogens is 1. The lowest BCUT2D eigenvalue weighted by molar-refractivity contribution is -0.134. The van der Waals surface area contributed by atoms with Gasteiger partial charge < -0.3 is 10.2 Å². The molecule has 2 fully saturated rings. The summed E-state index contributed by atoms with van der Waals surface area (Å²) in [6, 6.07) is 0. The third kappa shape index (κ3) is 5.23. The van der Waals surface area contributed by atoms with Gasteiger partial charge in [0.15, 0.2) is 0 Å². The van der Waals surface area contributed by atoms with Crippen molar-refractivity contribution in [3.05, 3.63) is 0 Å². The van der Waals surface area contributed by atoms with Gasteiger partial charge in [-0.05, 0) is 57.7 Å². The summed E-state index contributed by atoms with van der Waals surface area (Å²) in [5.74, 6) is 1.74. The molecule has 0 saturated carbocycles. The van der Waals surface area contributed by atoms with Gasteiger partial charge >= 0.3 is 0 Å². The number of amides is 1. The van der Waals surface area contributed by atoms with E-state index in [1.54, 1.807) is 0 Å². The van der Waals surface area contributed by atoms with Gasteiger partial charge in [0, 0.05) is 19.6 Å². The van der Waals surface area contributed by atoms with Crippen LogP contribution in [0.3, 0.4) is 0 Å². The van der Waals surface area contributed by atoms with Crippen LogP contribution in [0.25, 0.3) is 0 Å². The van der Waals surface area contributed by atoms with E-state index >= 15 is 0 Å². The summed E-state index contributed by atoms with van der Waals surface area (Å²) in [5, 5.41) is 3.26. The minimum Gasteiger partial charge on any atom is -0.341 e. The van der Waals surface area contributed by atoms with Crippen LogP contribution in [0.1, 0.15) is 32.6 Å². The fraction of sp³-hybridized carbons (Fsp3) is 0.933. The second-order valence-corrected chi connectivity index (χ2v) is 6.39. The highest BCUT2D eigenvalue weighted by Crippen LogP contribution is 2.18. The highest BCUT2D eigenvalue weighted by molar-refractivity contribution is 5.85. The van der Waals surface area contributed by atoms with E-state index in [1.165, 1.54) is 25.7 Å². The Hall–Kier alpha value is -0.320. The number of nitrogens with one attached hydrogen (secondary N) is 1. The smallest absolute Gasteiger partial charge is 0.236 e. The van der Waals surface area contributed by atoms with Crippen LogP contribution in [0.4, 0.5) is 0 Å². The Morgan fingerprint density at radius 1 is 1.20 bits per heavy atom. The van der Waals surface area contributed by atoms with Gasteiger partial charge in [0.1, 0.15) is 0 Å². The van der Waals surface area contributed by atoms with Crippen LogP contribution in [0.15, 0.2) is 0 Å². The zero-order valence-electron chi connectivity index (χ0n) is 12.9. The lowest BCUT2D eigenvalue weighted by atomic mass is 9.97. The van der Waals surface area contributed by atoms with Crippen LogP contribution in [0.5, 0.6) is 0 Å². The average molecular weight is 304 g/mol. The average Bonchev–Trinajstić information content (AvgIpc) is 2.39. The monoisotopic (exact) mass is 303 g/mol. The molecule has 1 N–H and O–H groups in total. The van der Waals surface area contributed by atoms with E-state index in [4.69, 9.17) is 0 Å². The molecule has 5 heteroatoms. The molecular formula is C15H30ClN3O. The molecule has 118 valence electrons. The van der Waals surface area contributed by atoms with Gasteiger partial charge in [0.2, 0.25) is 5.91 Å². The molecule has 0 aliphatic carbocycles. The molecular weight excluding hydrogens is 274 g/mol. The van der Waals surface area contributed by atoms with Gasteiger partial charge in [0.25, 0.3) is 0 Å². The van der Waals surface area contributed by atoms with Crippen molar-refractivity contribution in [2.75, 3.05) is 46.3 Å². The number of rotatable bonds is 4. The fourth-order valence-corrected chi connectivity index (χ4v) is 3.46. The maximum Gasteiger partial charge on any atom is 0.236 e. The van der Waals surface area contributed by atoms with Crippen molar-refractivity contribution in [1.82, 2.24) is 15.1 Å². The summed E-state index contributed by atoms with van der Waals surface area (Å²) in [4.78, 5) is 16.8. The van der Waals surface area contributed by atoms with E-state index in [9.17, 15) is 4.79 Å². The molecule has 0 aromatic rings. The predicted molar refractivity (Wildman–Crippen MR) is 85.3 cm³/mol. The first kappa shape index (κ1) is 17.7. The zero-order chi connectivity index (χ0) is 13.7. The summed E-state index contributed by atoms with van der Waals surface area (Å²) >= 11 is 0. The van der Waals surface area contributed by atoms with Crippen molar-refractivity contribution in [1.29, 1.82) is 0 Å². The molecule has 0 aromatic carbocycles. The SMILES string of the molecule is CNCC1CCCN(CC(=O)N2CCCC(C)C2)C1.Cl. The molecule has 20 heavy (non-hydrogen) atoms. The molecule has 2 unspecified atom stereocenters. The second-order valence-electron chi connectivity index (χ2n) is 6.39. The number of hydrogen-bond acceptors (Lipinski definition) is 3. The molecule has 2 aliphatic heterocycles. The highest BCUT2D eigenvalue weighted by atomic mass is 35.5. The maximum atomic E-state index is 12.3. The number of hydrogen-bond donors (Lipinski definition) is 1. The Bertz CT molecular complexity index is 299. The van der Waals surface area contributed by atoms with Crippen LogP contribution in [-0.2, 0) is 4.79 Å². The summed E-state index contributed by atoms with van der Waals surface area (Å²) in [5.41, 5.74) is 0. The first-order chi connectivity index (χ1) is 9.19. The molecule has 1 amide bonds. The number of carbonyl (C=O) groups excluding carboxylic acids is 1. The topological polar surface area (TPSA) is 35.6 Å². The largest absolute Gasteiger partial charge is 0.341 e. The minimum atomic E-state index is 0. The minimum absolute atomic E-state index is 0. The highest BCUT2D eigenvalue weighted by Gasteiger charge is 2.25. The predicted octanol–water partition coefficient (Wildman–Crippen LogP) is 1.60. The second kappa shape index (κ2) is 8.85. The van der Waals surface area contributed by atoms with E-state index in [1.807, 2.05) is 7.05 Å². The lowest BCUT2D eigenvalue weighted by Gasteiger charge is -2.36. The van der Waals surface area contributed by atoms with Gasteiger partial charge in [-0.3, -0.25) is 9.69 Å². The first-order valence-electron chi connectivity index (χ1n) is 7.83. The van der Waals surface area contributed by atoms with Crippen LogP contribution < -0.4 is 5.32 Å². The Kier molecular flexibility index (Phi) is 7.85. The van der Waals surface area contributed by atoms with Gasteiger partial charge in [-0.1, -0.05) is 6.92 Å². The van der Waals surface area contributed by atoms with Crippen molar-refractivity contribution in [2.45, 2.75) is 32.6 Å². The van der Waals surface area contributed by atoms with Crippen molar-refractivity contribution in [2.24, 2.45) is 11.8 Å². The number of carbonyl (C=O) groups is 1. The standard InChI is InChI=1S/C15H29N3O.ClH/c1-13-5-3-8-18(10-13)15(19)12-17-7-4-6-14(11-17)9-16-2;/h13-14,16H,3-12H2,1-2H3;1H. The molecule has 0 radical (unpaired) electrons. The van der Waals surface area contributed by atoms with Gasteiger partial charge in [-0.25, -0.2) is 0 Å². The Labute approximate surface area is 129 Å². The molecule has 4 nitrogen and oxygen atoms in total. The van der Waals surface area contributed by atoms with Crippen LogP contribution >= 0.6 is 12.4 Å². The number of likely N-dealkylation sites (tertiary alicyclic amines) is 2. The Balaban J connectivity index is 0.00000200. The third-order valence-electron chi connectivity index (χ3n) is 4.46. The maximum absolute atomic E-state index is 12.3. The van der Waals surface area contributed by atoms with Crippen molar-refractivity contribution >= 4 is 18.3 Å². The number of nitrogens with zero attached hydrogens (tertiary/aromatic N) is 2. The van der Waals surface area contributed by atoms with Crippen LogP contribution in [0, 0.1) is 11.8 Å². The Morgan fingerprint density at radius 3 is 2.65 bits per heavy atom. The van der Waals surface area contributed by atoms with Gasteiger partial charge in [-0.15, -0.1) is 12.4 Å². The van der Waals surface area contributed by atoms with Crippen LogP contribution in [-0.4, -0.2) is 62.0 Å². The van der Waals surface area contributed by atoms with Crippen LogP contribution in [0.2, 0.25) is 0 Å².